The van der Waals surface area contributed by atoms with Gasteiger partial charge in [0.25, 0.3) is 0 Å². The summed E-state index contributed by atoms with van der Waals surface area (Å²) in [4.78, 5) is 12.8. The van der Waals surface area contributed by atoms with Gasteiger partial charge in [0.2, 0.25) is 5.89 Å². The second-order valence-electron chi connectivity index (χ2n) is 4.82. The van der Waals surface area contributed by atoms with Gasteiger partial charge in [0.05, 0.1) is 6.54 Å². The Morgan fingerprint density at radius 1 is 1.20 bits per heavy atom. The van der Waals surface area contributed by atoms with Crippen molar-refractivity contribution in [3.8, 4) is 11.4 Å². The van der Waals surface area contributed by atoms with Crippen molar-refractivity contribution in [2.24, 2.45) is 0 Å². The minimum absolute atomic E-state index is 0.235. The Kier molecular flexibility index (Phi) is 3.28. The van der Waals surface area contributed by atoms with Crippen LogP contribution in [0, 0.1) is 0 Å². The molecular formula is C14H15N5O. The highest BCUT2D eigenvalue weighted by atomic mass is 16.5. The Hall–Kier alpha value is -2.50. The maximum Gasteiger partial charge on any atom is 0.229 e. The molecule has 3 aromatic rings. The minimum Gasteiger partial charge on any atom is -0.339 e. The fraction of sp³-hybridized carbons (Fsp3) is 0.286. The van der Waals surface area contributed by atoms with Crippen molar-refractivity contribution in [2.45, 2.75) is 26.3 Å². The number of pyridine rings is 1. The molecule has 3 rings (SSSR count). The van der Waals surface area contributed by atoms with Crippen molar-refractivity contribution in [1.82, 2.24) is 24.7 Å². The van der Waals surface area contributed by atoms with Gasteiger partial charge in [-0.15, -0.1) is 0 Å². The Labute approximate surface area is 116 Å². The van der Waals surface area contributed by atoms with Gasteiger partial charge in [0, 0.05) is 36.3 Å². The van der Waals surface area contributed by atoms with E-state index in [1.54, 1.807) is 18.6 Å². The smallest absolute Gasteiger partial charge is 0.229 e. The number of imidazole rings is 1. The molecule has 0 bridgehead atoms. The van der Waals surface area contributed by atoms with Gasteiger partial charge < -0.3 is 9.09 Å². The molecular weight excluding hydrogens is 254 g/mol. The van der Waals surface area contributed by atoms with Crippen LogP contribution in [0.15, 0.2) is 41.4 Å². The van der Waals surface area contributed by atoms with Crippen LogP contribution < -0.4 is 0 Å². The number of hydrogen-bond acceptors (Lipinski definition) is 5. The van der Waals surface area contributed by atoms with Gasteiger partial charge in [0.1, 0.15) is 5.82 Å². The monoisotopic (exact) mass is 269 g/mol. The Morgan fingerprint density at radius 2 is 2.00 bits per heavy atom. The van der Waals surface area contributed by atoms with E-state index in [-0.39, 0.29) is 5.92 Å². The Morgan fingerprint density at radius 3 is 2.70 bits per heavy atom. The quantitative estimate of drug-likeness (QED) is 0.727. The van der Waals surface area contributed by atoms with Gasteiger partial charge in [-0.25, -0.2) is 4.98 Å². The number of nitrogens with zero attached hydrogens (tertiary/aromatic N) is 5. The van der Waals surface area contributed by atoms with Crippen LogP contribution in [0.1, 0.15) is 31.5 Å². The lowest BCUT2D eigenvalue weighted by Crippen LogP contribution is -2.03. The van der Waals surface area contributed by atoms with Crippen molar-refractivity contribution >= 4 is 0 Å². The second kappa shape index (κ2) is 5.24. The molecule has 0 amide bonds. The summed E-state index contributed by atoms with van der Waals surface area (Å²) in [7, 11) is 0. The van der Waals surface area contributed by atoms with Crippen molar-refractivity contribution in [3.05, 3.63) is 48.6 Å². The number of rotatable bonds is 4. The summed E-state index contributed by atoms with van der Waals surface area (Å²) in [5, 5.41) is 4.00. The standard InChI is InChI=1S/C14H15N5O/c1-10(2)14-17-12(18-20-14)9-19-8-7-16-13(19)11-3-5-15-6-4-11/h3-8,10H,9H2,1-2H3. The number of aromatic nitrogens is 5. The SMILES string of the molecule is CC(C)c1nc(Cn2ccnc2-c2ccncc2)no1. The average Bonchev–Trinajstić information content (AvgIpc) is 3.09. The van der Waals surface area contributed by atoms with E-state index in [0.717, 1.165) is 11.4 Å². The van der Waals surface area contributed by atoms with Gasteiger partial charge >= 0.3 is 0 Å². The summed E-state index contributed by atoms with van der Waals surface area (Å²) in [5.74, 6) is 2.41. The minimum atomic E-state index is 0.235. The third-order valence-electron chi connectivity index (χ3n) is 2.94. The predicted molar refractivity (Wildman–Crippen MR) is 72.9 cm³/mol. The summed E-state index contributed by atoms with van der Waals surface area (Å²) in [6.07, 6.45) is 7.17. The summed E-state index contributed by atoms with van der Waals surface area (Å²) in [6.45, 7) is 4.59. The van der Waals surface area contributed by atoms with E-state index in [4.69, 9.17) is 4.52 Å². The molecule has 0 radical (unpaired) electrons. The number of hydrogen-bond donors (Lipinski definition) is 0. The Balaban J connectivity index is 1.87. The van der Waals surface area contributed by atoms with E-state index in [0.29, 0.717) is 18.3 Å². The summed E-state index contributed by atoms with van der Waals surface area (Å²) in [5.41, 5.74) is 1.01. The zero-order chi connectivity index (χ0) is 13.9. The fourth-order valence-corrected chi connectivity index (χ4v) is 1.92. The molecule has 0 unspecified atom stereocenters. The largest absolute Gasteiger partial charge is 0.339 e. The first kappa shape index (κ1) is 12.5. The molecule has 0 fully saturated rings. The summed E-state index contributed by atoms with van der Waals surface area (Å²) < 4.78 is 7.21. The zero-order valence-electron chi connectivity index (χ0n) is 11.4. The molecule has 0 atom stereocenters. The average molecular weight is 269 g/mol. The van der Waals surface area contributed by atoms with Gasteiger partial charge in [-0.1, -0.05) is 19.0 Å². The molecule has 0 saturated carbocycles. The lowest BCUT2D eigenvalue weighted by molar-refractivity contribution is 0.360. The topological polar surface area (TPSA) is 69.6 Å². The lowest BCUT2D eigenvalue weighted by Gasteiger charge is -2.04. The van der Waals surface area contributed by atoms with Crippen LogP contribution >= 0.6 is 0 Å². The normalized spacial score (nSPS) is 11.2. The Bertz CT molecular complexity index is 686. The third kappa shape index (κ3) is 2.45. The summed E-state index contributed by atoms with van der Waals surface area (Å²) >= 11 is 0. The van der Waals surface area contributed by atoms with Crippen LogP contribution in [0.3, 0.4) is 0 Å². The van der Waals surface area contributed by atoms with E-state index < -0.39 is 0 Å². The summed E-state index contributed by atoms with van der Waals surface area (Å²) in [6, 6.07) is 3.85. The molecule has 6 heteroatoms. The first-order valence-electron chi connectivity index (χ1n) is 6.48. The molecule has 3 aromatic heterocycles. The van der Waals surface area contributed by atoms with Gasteiger partial charge in [-0.05, 0) is 12.1 Å². The first-order valence-corrected chi connectivity index (χ1v) is 6.48. The van der Waals surface area contributed by atoms with Gasteiger partial charge in [-0.3, -0.25) is 4.98 Å². The van der Waals surface area contributed by atoms with E-state index in [2.05, 4.69) is 20.1 Å². The van der Waals surface area contributed by atoms with Crippen LogP contribution in [0.4, 0.5) is 0 Å². The maximum absolute atomic E-state index is 5.22. The van der Waals surface area contributed by atoms with E-state index >= 15 is 0 Å². The molecule has 3 heterocycles. The van der Waals surface area contributed by atoms with Crippen LogP contribution in [0.5, 0.6) is 0 Å². The molecule has 0 aliphatic rings. The molecule has 0 aliphatic carbocycles. The molecule has 20 heavy (non-hydrogen) atoms. The fourth-order valence-electron chi connectivity index (χ4n) is 1.92. The van der Waals surface area contributed by atoms with Crippen LogP contribution in [-0.2, 0) is 6.54 Å². The third-order valence-corrected chi connectivity index (χ3v) is 2.94. The van der Waals surface area contributed by atoms with Crippen molar-refractivity contribution in [3.63, 3.8) is 0 Å². The lowest BCUT2D eigenvalue weighted by atomic mass is 10.2. The van der Waals surface area contributed by atoms with E-state index in [9.17, 15) is 0 Å². The molecule has 102 valence electrons. The molecule has 0 saturated heterocycles. The van der Waals surface area contributed by atoms with Crippen molar-refractivity contribution in [1.29, 1.82) is 0 Å². The predicted octanol–water partition coefficient (Wildman–Crippen LogP) is 2.50. The van der Waals surface area contributed by atoms with Crippen molar-refractivity contribution < 1.29 is 4.52 Å². The molecule has 0 aromatic carbocycles. The van der Waals surface area contributed by atoms with Crippen molar-refractivity contribution in [2.75, 3.05) is 0 Å². The molecule has 0 spiro atoms. The highest BCUT2D eigenvalue weighted by molar-refractivity contribution is 5.54. The molecule has 6 nitrogen and oxygen atoms in total. The highest BCUT2D eigenvalue weighted by Gasteiger charge is 2.12. The second-order valence-corrected chi connectivity index (χ2v) is 4.82. The van der Waals surface area contributed by atoms with Crippen LogP contribution in [0.25, 0.3) is 11.4 Å². The van der Waals surface area contributed by atoms with Crippen LogP contribution in [0.2, 0.25) is 0 Å². The highest BCUT2D eigenvalue weighted by Crippen LogP contribution is 2.17. The van der Waals surface area contributed by atoms with E-state index in [1.807, 2.05) is 36.7 Å². The van der Waals surface area contributed by atoms with Gasteiger partial charge in [-0.2, -0.15) is 4.98 Å². The van der Waals surface area contributed by atoms with Gasteiger partial charge in [0.15, 0.2) is 5.82 Å². The van der Waals surface area contributed by atoms with E-state index in [1.165, 1.54) is 0 Å². The first-order chi connectivity index (χ1) is 9.74. The maximum atomic E-state index is 5.22. The zero-order valence-corrected chi connectivity index (χ0v) is 11.4. The molecule has 0 N–H and O–H groups in total. The molecule has 0 aliphatic heterocycles. The van der Waals surface area contributed by atoms with Crippen LogP contribution in [-0.4, -0.2) is 24.7 Å².